The first-order chi connectivity index (χ1) is 12.5. The maximum Gasteiger partial charge on any atom is 0.342 e. The van der Waals surface area contributed by atoms with Crippen LogP contribution in [-0.4, -0.2) is 11.8 Å². The Bertz CT molecular complexity index is 899. The highest BCUT2D eigenvalue weighted by atomic mass is 79.9. The van der Waals surface area contributed by atoms with Crippen LogP contribution < -0.4 is 11.5 Å². The first-order valence-corrected chi connectivity index (χ1v) is 9.69. The van der Waals surface area contributed by atoms with Crippen molar-refractivity contribution in [2.45, 2.75) is 31.6 Å². The van der Waals surface area contributed by atoms with E-state index in [2.05, 4.69) is 27.2 Å². The van der Waals surface area contributed by atoms with Gasteiger partial charge in [-0.3, -0.25) is 0 Å². The fourth-order valence-electron chi connectivity index (χ4n) is 3.04. The number of nitrogens with two attached hydrogens (primary N) is 2. The molecule has 8 heteroatoms. The maximum atomic E-state index is 12.5. The molecule has 0 saturated carbocycles. The minimum Gasteiger partial charge on any atom is -0.389 e. The molecule has 0 amide bonds. The van der Waals surface area contributed by atoms with Crippen LogP contribution in [0.3, 0.4) is 0 Å². The Morgan fingerprint density at radius 2 is 2.15 bits per heavy atom. The zero-order chi connectivity index (χ0) is 18.7. The van der Waals surface area contributed by atoms with E-state index in [1.54, 1.807) is 0 Å². The number of rotatable bonds is 4. The van der Waals surface area contributed by atoms with Gasteiger partial charge in [-0.25, -0.2) is 4.79 Å². The Hall–Kier alpha value is -2.37. The highest BCUT2D eigenvalue weighted by Gasteiger charge is 2.33. The van der Waals surface area contributed by atoms with Gasteiger partial charge in [-0.15, -0.1) is 11.3 Å². The number of carbonyl (C=O) groups excluding carboxylic acids is 1. The number of carbonyl (C=O) groups is 1. The number of oxime groups is 1. The van der Waals surface area contributed by atoms with Gasteiger partial charge in [-0.1, -0.05) is 33.2 Å². The number of hydrogen-bond donors (Lipinski definition) is 2. The zero-order valence-electron chi connectivity index (χ0n) is 13.9. The lowest BCUT2D eigenvalue weighted by Crippen LogP contribution is -2.21. The van der Waals surface area contributed by atoms with Crippen molar-refractivity contribution in [1.29, 1.82) is 5.26 Å². The number of thiophene rings is 1. The minimum absolute atomic E-state index is 0.210. The van der Waals surface area contributed by atoms with Crippen molar-refractivity contribution in [3.05, 3.63) is 50.3 Å². The van der Waals surface area contributed by atoms with E-state index in [-0.39, 0.29) is 5.84 Å². The molecule has 1 unspecified atom stereocenters. The van der Waals surface area contributed by atoms with E-state index >= 15 is 0 Å². The molecule has 1 aliphatic rings. The average molecular weight is 433 g/mol. The van der Waals surface area contributed by atoms with Gasteiger partial charge in [0.15, 0.2) is 0 Å². The molecule has 3 rings (SSSR count). The van der Waals surface area contributed by atoms with Gasteiger partial charge in [0.25, 0.3) is 0 Å². The number of anilines is 1. The van der Waals surface area contributed by atoms with Crippen LogP contribution in [0.4, 0.5) is 5.00 Å². The van der Waals surface area contributed by atoms with Crippen molar-refractivity contribution >= 4 is 44.1 Å². The minimum atomic E-state index is -0.522. The summed E-state index contributed by atoms with van der Waals surface area (Å²) in [5.41, 5.74) is 13.8. The van der Waals surface area contributed by atoms with E-state index in [1.165, 1.54) is 11.3 Å². The number of nitriles is 1. The third-order valence-electron chi connectivity index (χ3n) is 4.24. The van der Waals surface area contributed by atoms with Crippen molar-refractivity contribution < 1.29 is 9.63 Å². The largest absolute Gasteiger partial charge is 0.389 e. The highest BCUT2D eigenvalue weighted by molar-refractivity contribution is 9.10. The topological polar surface area (TPSA) is 114 Å². The number of benzene rings is 1. The first kappa shape index (κ1) is 18.4. The lowest BCUT2D eigenvalue weighted by Gasteiger charge is -2.20. The van der Waals surface area contributed by atoms with Crippen LogP contribution in [0.5, 0.6) is 0 Å². The summed E-state index contributed by atoms with van der Waals surface area (Å²) in [6.07, 6.45) is 2.66. The highest BCUT2D eigenvalue weighted by Crippen LogP contribution is 2.42. The standard InChI is InChI=1S/C18H17BrN4O2S/c19-11-6-4-10(5-7-11)8-15(21)23-25-18(24)12-2-1-3-14-16(12)13(9-20)17(22)26-14/h4-7,12H,1-3,8,22H2,(H2,21,23). The molecule has 0 saturated heterocycles. The fraction of sp³-hybridized carbons (Fsp3) is 0.278. The molecule has 6 nitrogen and oxygen atoms in total. The molecule has 1 aromatic carbocycles. The predicted octanol–water partition coefficient (Wildman–Crippen LogP) is 3.44. The van der Waals surface area contributed by atoms with Gasteiger partial charge in [0.2, 0.25) is 0 Å². The molecule has 0 spiro atoms. The van der Waals surface area contributed by atoms with Crippen LogP contribution in [0.2, 0.25) is 0 Å². The van der Waals surface area contributed by atoms with Crippen molar-refractivity contribution in [2.75, 3.05) is 5.73 Å². The molecule has 2 aromatic rings. The van der Waals surface area contributed by atoms with Gasteiger partial charge in [0.05, 0.1) is 11.5 Å². The Morgan fingerprint density at radius 1 is 1.42 bits per heavy atom. The maximum absolute atomic E-state index is 12.5. The van der Waals surface area contributed by atoms with Crippen LogP contribution in [-0.2, 0) is 22.5 Å². The predicted molar refractivity (Wildman–Crippen MR) is 105 cm³/mol. The van der Waals surface area contributed by atoms with Crippen LogP contribution in [0, 0.1) is 11.3 Å². The smallest absolute Gasteiger partial charge is 0.342 e. The average Bonchev–Trinajstić information content (AvgIpc) is 2.96. The van der Waals surface area contributed by atoms with Crippen molar-refractivity contribution in [2.24, 2.45) is 10.9 Å². The van der Waals surface area contributed by atoms with E-state index < -0.39 is 11.9 Å². The van der Waals surface area contributed by atoms with Gasteiger partial charge in [0.1, 0.15) is 16.9 Å². The molecule has 134 valence electrons. The summed E-state index contributed by atoms with van der Waals surface area (Å²) < 4.78 is 0.972. The zero-order valence-corrected chi connectivity index (χ0v) is 16.3. The van der Waals surface area contributed by atoms with Gasteiger partial charge >= 0.3 is 5.97 Å². The molecular formula is C18H17BrN4O2S. The van der Waals surface area contributed by atoms with Gasteiger partial charge in [-0.2, -0.15) is 5.26 Å². The lowest BCUT2D eigenvalue weighted by molar-refractivity contribution is -0.145. The summed E-state index contributed by atoms with van der Waals surface area (Å²) in [5, 5.41) is 13.6. The molecule has 0 aliphatic heterocycles. The van der Waals surface area contributed by atoms with Crippen molar-refractivity contribution in [3.8, 4) is 6.07 Å². The van der Waals surface area contributed by atoms with Crippen LogP contribution in [0.25, 0.3) is 0 Å². The molecule has 26 heavy (non-hydrogen) atoms. The van der Waals surface area contributed by atoms with E-state index in [4.69, 9.17) is 16.3 Å². The number of nitrogen functional groups attached to an aromatic ring is 1. The second kappa shape index (κ2) is 7.89. The third kappa shape index (κ3) is 3.89. The number of halogens is 1. The van der Waals surface area contributed by atoms with Crippen molar-refractivity contribution in [1.82, 2.24) is 0 Å². The molecule has 4 N–H and O–H groups in total. The van der Waals surface area contributed by atoms with E-state index in [9.17, 15) is 10.1 Å². The van der Waals surface area contributed by atoms with Gasteiger partial charge in [-0.05, 0) is 37.0 Å². The van der Waals surface area contributed by atoms with Crippen LogP contribution in [0.15, 0.2) is 33.9 Å². The number of nitrogens with zero attached hydrogens (tertiary/aromatic N) is 2. The molecular weight excluding hydrogens is 416 g/mol. The quantitative estimate of drug-likeness (QED) is 0.332. The number of hydrogen-bond acceptors (Lipinski definition) is 6. The summed E-state index contributed by atoms with van der Waals surface area (Å²) in [6, 6.07) is 9.74. The van der Waals surface area contributed by atoms with E-state index in [1.807, 2.05) is 24.3 Å². The normalized spacial score (nSPS) is 16.6. The number of fused-ring (bicyclic) bond motifs is 1. The second-order valence-corrected chi connectivity index (χ2v) is 8.08. The summed E-state index contributed by atoms with van der Waals surface area (Å²) in [7, 11) is 0. The molecule has 0 bridgehead atoms. The monoisotopic (exact) mass is 432 g/mol. The third-order valence-corrected chi connectivity index (χ3v) is 5.87. The molecule has 1 aromatic heterocycles. The second-order valence-electron chi connectivity index (χ2n) is 6.03. The molecule has 0 radical (unpaired) electrons. The summed E-state index contributed by atoms with van der Waals surface area (Å²) in [6.45, 7) is 0. The molecule has 0 fully saturated rings. The van der Waals surface area contributed by atoms with Gasteiger partial charge < -0.3 is 16.3 Å². The van der Waals surface area contributed by atoms with Crippen LogP contribution >= 0.6 is 27.3 Å². The number of amidine groups is 1. The van der Waals surface area contributed by atoms with Crippen LogP contribution in [0.1, 0.15) is 40.3 Å². The number of aryl methyl sites for hydroxylation is 1. The summed E-state index contributed by atoms with van der Waals surface area (Å²) in [5.74, 6) is -0.813. The summed E-state index contributed by atoms with van der Waals surface area (Å²) in [4.78, 5) is 18.6. The van der Waals surface area contributed by atoms with Crippen molar-refractivity contribution in [3.63, 3.8) is 0 Å². The molecule has 1 aliphatic carbocycles. The lowest BCUT2D eigenvalue weighted by atomic mass is 9.85. The van der Waals surface area contributed by atoms with E-state index in [0.29, 0.717) is 29.0 Å². The Morgan fingerprint density at radius 3 is 2.85 bits per heavy atom. The van der Waals surface area contributed by atoms with E-state index in [0.717, 1.165) is 27.8 Å². The van der Waals surface area contributed by atoms with Gasteiger partial charge in [0, 0.05) is 21.3 Å². The Labute approximate surface area is 163 Å². The first-order valence-electron chi connectivity index (χ1n) is 8.08. The SMILES string of the molecule is N#Cc1c(N)sc2c1C(C(=O)ON=C(N)Cc1ccc(Br)cc1)CCC2. The Balaban J connectivity index is 1.71. The molecule has 1 atom stereocenters. The fourth-order valence-corrected chi connectivity index (χ4v) is 4.43. The molecule has 1 heterocycles. The Kier molecular flexibility index (Phi) is 5.59. The summed E-state index contributed by atoms with van der Waals surface area (Å²) >= 11 is 4.74.